The number of rotatable bonds is 5. The maximum absolute atomic E-state index is 11.9. The lowest BCUT2D eigenvalue weighted by molar-refractivity contribution is 0.397. The van der Waals surface area contributed by atoms with Gasteiger partial charge in [0, 0.05) is 11.8 Å². The highest BCUT2D eigenvalue weighted by Crippen LogP contribution is 2.13. The number of hydrogen-bond donors (Lipinski definition) is 2. The number of sulfonamides is 1. The molecule has 0 aliphatic heterocycles. The van der Waals surface area contributed by atoms with Crippen LogP contribution in [0, 0.1) is 6.92 Å². The molecule has 9 heteroatoms. The smallest absolute Gasteiger partial charge is 0.244 e. The number of ether oxygens (including phenoxy) is 1. The first-order valence-corrected chi connectivity index (χ1v) is 6.92. The molecule has 1 aromatic rings. The van der Waals surface area contributed by atoms with Crippen molar-refractivity contribution in [1.82, 2.24) is 9.97 Å². The highest BCUT2D eigenvalue weighted by atomic mass is 32.2. The number of thiocarbonyl (C=S) groups is 1. The third-order valence-electron chi connectivity index (χ3n) is 2.14. The molecule has 0 aromatic carbocycles. The van der Waals surface area contributed by atoms with Crippen molar-refractivity contribution in [3.8, 4) is 5.88 Å². The first-order chi connectivity index (χ1) is 8.26. The van der Waals surface area contributed by atoms with Crippen molar-refractivity contribution in [2.45, 2.75) is 19.1 Å². The van der Waals surface area contributed by atoms with Crippen molar-refractivity contribution < 1.29 is 13.2 Å². The van der Waals surface area contributed by atoms with Crippen LogP contribution in [0.2, 0.25) is 0 Å². The number of nitrogens with zero attached hydrogens (tertiary/aromatic N) is 2. The number of anilines is 1. The number of hydrogen-bond acceptors (Lipinski definition) is 6. The number of nitrogens with one attached hydrogen (secondary N) is 1. The Balaban J connectivity index is 3.04. The first-order valence-electron chi connectivity index (χ1n) is 4.97. The van der Waals surface area contributed by atoms with Gasteiger partial charge in [0.2, 0.25) is 21.9 Å². The summed E-state index contributed by atoms with van der Waals surface area (Å²) in [4.78, 5) is 7.69. The van der Waals surface area contributed by atoms with Gasteiger partial charge in [-0.1, -0.05) is 12.2 Å². The fourth-order valence-electron chi connectivity index (χ4n) is 1.06. The molecule has 1 rings (SSSR count). The second-order valence-electron chi connectivity index (χ2n) is 3.57. The maximum Gasteiger partial charge on any atom is 0.244 e. The van der Waals surface area contributed by atoms with Gasteiger partial charge in [0.1, 0.15) is 5.25 Å². The summed E-state index contributed by atoms with van der Waals surface area (Å²) in [6, 6.07) is 1.58. The minimum Gasteiger partial charge on any atom is -0.481 e. The van der Waals surface area contributed by atoms with Gasteiger partial charge < -0.3 is 10.5 Å². The highest BCUT2D eigenvalue weighted by molar-refractivity contribution is 7.95. The van der Waals surface area contributed by atoms with Gasteiger partial charge in [0.25, 0.3) is 0 Å². The average molecular weight is 290 g/mol. The molecule has 7 nitrogen and oxygen atoms in total. The highest BCUT2D eigenvalue weighted by Gasteiger charge is 2.24. The van der Waals surface area contributed by atoms with E-state index in [-0.39, 0.29) is 16.8 Å². The summed E-state index contributed by atoms with van der Waals surface area (Å²) in [6.45, 7) is 3.08. The molecule has 1 atom stereocenters. The van der Waals surface area contributed by atoms with Crippen LogP contribution in [0.15, 0.2) is 6.07 Å². The van der Waals surface area contributed by atoms with Gasteiger partial charge in [-0.15, -0.1) is 0 Å². The van der Waals surface area contributed by atoms with Gasteiger partial charge in [-0.2, -0.15) is 4.98 Å². The topological polar surface area (TPSA) is 107 Å². The van der Waals surface area contributed by atoms with Crippen LogP contribution in [0.25, 0.3) is 0 Å². The van der Waals surface area contributed by atoms with E-state index in [9.17, 15) is 8.42 Å². The zero-order valence-electron chi connectivity index (χ0n) is 10.2. The summed E-state index contributed by atoms with van der Waals surface area (Å²) in [5.74, 6) is 0.193. The van der Waals surface area contributed by atoms with E-state index >= 15 is 0 Å². The number of methoxy groups -OCH3 is 1. The molecule has 0 saturated carbocycles. The zero-order valence-corrected chi connectivity index (χ0v) is 11.8. The molecule has 0 radical (unpaired) electrons. The molecular weight excluding hydrogens is 276 g/mol. The lowest BCUT2D eigenvalue weighted by Crippen LogP contribution is -2.36. The SMILES string of the molecule is COc1cc(C)nc(NS(=O)(=O)C(C)C(N)=S)n1. The third kappa shape index (κ3) is 3.50. The molecule has 0 saturated heterocycles. The molecule has 1 unspecified atom stereocenters. The molecule has 1 aromatic heterocycles. The van der Waals surface area contributed by atoms with Crippen LogP contribution in [0.4, 0.5) is 5.95 Å². The standard InChI is InChI=1S/C9H14N4O3S2/c1-5-4-7(16-3)12-9(11-5)13-18(14,15)6(2)8(10)17/h4,6H,1-3H3,(H2,10,17)(H,11,12,13). The molecule has 1 heterocycles. The average Bonchev–Trinajstić information content (AvgIpc) is 2.26. The molecule has 0 fully saturated rings. The number of nitrogens with two attached hydrogens (primary N) is 1. The van der Waals surface area contributed by atoms with E-state index in [0.29, 0.717) is 5.69 Å². The molecule has 0 spiro atoms. The quantitative estimate of drug-likeness (QED) is 0.746. The van der Waals surface area contributed by atoms with Crippen molar-refractivity contribution in [3.63, 3.8) is 0 Å². The van der Waals surface area contributed by atoms with Crippen LogP contribution in [0.5, 0.6) is 5.88 Å². The van der Waals surface area contributed by atoms with Crippen LogP contribution in [-0.4, -0.2) is 35.7 Å². The number of aromatic nitrogens is 2. The minimum absolute atomic E-state index is 0.0741. The van der Waals surface area contributed by atoms with Gasteiger partial charge in [0.05, 0.1) is 12.1 Å². The van der Waals surface area contributed by atoms with Gasteiger partial charge in [0.15, 0.2) is 0 Å². The van der Waals surface area contributed by atoms with Crippen LogP contribution in [-0.2, 0) is 10.0 Å². The Morgan fingerprint density at radius 3 is 2.67 bits per heavy atom. The van der Waals surface area contributed by atoms with Gasteiger partial charge >= 0.3 is 0 Å². The lowest BCUT2D eigenvalue weighted by Gasteiger charge is -2.12. The Morgan fingerprint density at radius 2 is 2.17 bits per heavy atom. The Kier molecular flexibility index (Phi) is 4.41. The second-order valence-corrected chi connectivity index (χ2v) is 6.04. The summed E-state index contributed by atoms with van der Waals surface area (Å²) in [6.07, 6.45) is 0. The fourth-order valence-corrected chi connectivity index (χ4v) is 2.27. The molecule has 0 aliphatic carbocycles. The minimum atomic E-state index is -3.75. The van der Waals surface area contributed by atoms with Crippen LogP contribution < -0.4 is 15.2 Å². The van der Waals surface area contributed by atoms with E-state index in [1.54, 1.807) is 13.0 Å². The van der Waals surface area contributed by atoms with E-state index < -0.39 is 15.3 Å². The lowest BCUT2D eigenvalue weighted by atomic mass is 10.4. The van der Waals surface area contributed by atoms with Crippen LogP contribution in [0.1, 0.15) is 12.6 Å². The Labute approximate surface area is 111 Å². The van der Waals surface area contributed by atoms with E-state index in [0.717, 1.165) is 0 Å². The largest absolute Gasteiger partial charge is 0.481 e. The summed E-state index contributed by atoms with van der Waals surface area (Å²) in [5.41, 5.74) is 5.88. The van der Waals surface area contributed by atoms with Crippen LogP contribution in [0.3, 0.4) is 0 Å². The second kappa shape index (κ2) is 5.44. The molecule has 0 bridgehead atoms. The molecule has 100 valence electrons. The zero-order chi connectivity index (χ0) is 13.9. The summed E-state index contributed by atoms with van der Waals surface area (Å²) in [5, 5.41) is -1.01. The fraction of sp³-hybridized carbons (Fsp3) is 0.444. The Morgan fingerprint density at radius 1 is 1.56 bits per heavy atom. The molecule has 3 N–H and O–H groups in total. The van der Waals surface area contributed by atoms with E-state index in [2.05, 4.69) is 26.9 Å². The van der Waals surface area contributed by atoms with Crippen LogP contribution >= 0.6 is 12.2 Å². The first kappa shape index (κ1) is 14.6. The molecular formula is C9H14N4O3S2. The molecule has 18 heavy (non-hydrogen) atoms. The van der Waals surface area contributed by atoms with Crippen molar-refractivity contribution in [3.05, 3.63) is 11.8 Å². The molecule has 0 aliphatic rings. The third-order valence-corrected chi connectivity index (χ3v) is 4.29. The van der Waals surface area contributed by atoms with Gasteiger partial charge in [-0.3, -0.25) is 4.72 Å². The summed E-state index contributed by atoms with van der Waals surface area (Å²) < 4.78 is 30.8. The monoisotopic (exact) mass is 290 g/mol. The Bertz CT molecular complexity index is 559. The van der Waals surface area contributed by atoms with Crippen molar-refractivity contribution in [2.75, 3.05) is 11.8 Å². The van der Waals surface area contributed by atoms with Crippen molar-refractivity contribution in [1.29, 1.82) is 0 Å². The van der Waals surface area contributed by atoms with Crippen molar-refractivity contribution >= 4 is 33.2 Å². The van der Waals surface area contributed by atoms with E-state index in [1.807, 2.05) is 0 Å². The normalized spacial score (nSPS) is 12.8. The van der Waals surface area contributed by atoms with E-state index in [1.165, 1.54) is 14.0 Å². The van der Waals surface area contributed by atoms with E-state index in [4.69, 9.17) is 10.5 Å². The Hall–Kier alpha value is -1.48. The van der Waals surface area contributed by atoms with Gasteiger partial charge in [-0.05, 0) is 13.8 Å². The summed E-state index contributed by atoms with van der Waals surface area (Å²) >= 11 is 4.65. The molecule has 0 amide bonds. The summed E-state index contributed by atoms with van der Waals surface area (Å²) in [7, 11) is -2.32. The maximum atomic E-state index is 11.9. The van der Waals surface area contributed by atoms with Crippen molar-refractivity contribution in [2.24, 2.45) is 5.73 Å². The predicted molar refractivity (Wildman–Crippen MR) is 72.1 cm³/mol. The number of aryl methyl sites for hydroxylation is 1. The van der Waals surface area contributed by atoms with Gasteiger partial charge in [-0.25, -0.2) is 13.4 Å². The predicted octanol–water partition coefficient (Wildman–Crippen LogP) is 0.210.